The molecule has 0 heterocycles. The average Bonchev–Trinajstić information content (AvgIpc) is 1.87. The van der Waals surface area contributed by atoms with Crippen molar-refractivity contribution < 1.29 is 19.1 Å². The predicted molar refractivity (Wildman–Crippen MR) is 53.8 cm³/mol. The molecule has 0 atom stereocenters. The van der Waals surface area contributed by atoms with Crippen LogP contribution in [0.3, 0.4) is 0 Å². The lowest BCUT2D eigenvalue weighted by Crippen LogP contribution is -2.23. The van der Waals surface area contributed by atoms with Gasteiger partial charge < -0.3 is 14.3 Å². The maximum Gasteiger partial charge on any atom is 0.370 e. The Morgan fingerprint density at radius 2 is 1.58 bits per heavy atom. The fourth-order valence-corrected chi connectivity index (χ4v) is 0. The molecule has 6 heteroatoms. The summed E-state index contributed by atoms with van der Waals surface area (Å²) in [5.41, 5.74) is 0. The molecule has 0 saturated heterocycles. The molecule has 0 amide bonds. The minimum absolute atomic E-state index is 0.824. The number of aliphatic carboxylic acids is 1. The molecule has 2 N–H and O–H groups in total. The van der Waals surface area contributed by atoms with E-state index in [2.05, 4.69) is 26.2 Å². The summed E-state index contributed by atoms with van der Waals surface area (Å²) >= 11 is 0. The van der Waals surface area contributed by atoms with Crippen molar-refractivity contribution in [3.8, 4) is 0 Å². The largest absolute Gasteiger partial charge is 0.502 e. The van der Waals surface area contributed by atoms with Crippen molar-refractivity contribution in [3.63, 3.8) is 0 Å². The number of carboxylic acids is 1. The van der Waals surface area contributed by atoms with Crippen LogP contribution in [0.5, 0.6) is 0 Å². The van der Waals surface area contributed by atoms with Gasteiger partial charge in [-0.3, -0.25) is 0 Å². The molecule has 0 fully saturated rings. The Bertz CT molecular complexity index is 149. The van der Waals surface area contributed by atoms with E-state index in [1.807, 2.05) is 0 Å². The number of hydrogen-bond acceptors (Lipinski definition) is 3. The van der Waals surface area contributed by atoms with Crippen LogP contribution < -0.4 is 0 Å². The summed E-state index contributed by atoms with van der Waals surface area (Å²) < 4.78 is 5.22. The molecule has 0 aromatic heterocycles. The Balaban J connectivity index is 0. The van der Waals surface area contributed by atoms with Gasteiger partial charge in [-0.25, -0.2) is 4.79 Å². The maximum absolute atomic E-state index is 9.35. The first-order valence-electron chi connectivity index (χ1n) is 3.37. The van der Waals surface area contributed by atoms with Crippen LogP contribution in [0.15, 0.2) is 12.3 Å². The molecule has 0 aromatic rings. The lowest BCUT2D eigenvalue weighted by atomic mass is 10.6. The average molecular weight is 208 g/mol. The van der Waals surface area contributed by atoms with Crippen LogP contribution in [0.2, 0.25) is 19.6 Å². The normalized spacial score (nSPS) is 9.92. The summed E-state index contributed by atoms with van der Waals surface area (Å²) in [6.07, 6.45) is 0. The molecule has 0 aliphatic rings. The van der Waals surface area contributed by atoms with Crippen molar-refractivity contribution in [2.24, 2.45) is 0 Å². The van der Waals surface area contributed by atoms with Crippen molar-refractivity contribution in [3.05, 3.63) is 12.3 Å². The third kappa shape index (κ3) is 16.2. The van der Waals surface area contributed by atoms with E-state index >= 15 is 0 Å². The molecule has 0 bridgehead atoms. The van der Waals surface area contributed by atoms with Gasteiger partial charge in [-0.2, -0.15) is 0 Å². The smallest absolute Gasteiger partial charge is 0.370 e. The molecule has 0 aromatic carbocycles. The van der Waals surface area contributed by atoms with Gasteiger partial charge >= 0.3 is 5.97 Å². The zero-order chi connectivity index (χ0) is 10.4. The molecule has 0 aliphatic heterocycles. The van der Waals surface area contributed by atoms with Crippen LogP contribution in [0, 0.1) is 0 Å². The highest BCUT2D eigenvalue weighted by Gasteiger charge is 2.08. The number of hydrogen-bond donors (Lipinski definition) is 2. The van der Waals surface area contributed by atoms with Gasteiger partial charge in [-0.15, -0.1) is 0 Å². The summed E-state index contributed by atoms with van der Waals surface area (Å²) in [6.45, 7) is 9.29. The number of aliphatic hydroxyl groups is 1. The molecule has 4 nitrogen and oxygen atoms in total. The highest BCUT2D eigenvalue weighted by Crippen LogP contribution is 1.96. The lowest BCUT2D eigenvalue weighted by molar-refractivity contribution is -0.135. The molecular weight excluding hydrogens is 192 g/mol. The summed E-state index contributed by atoms with van der Waals surface area (Å²) in [5.74, 6) is -2.20. The van der Waals surface area contributed by atoms with E-state index < -0.39 is 20.0 Å². The zero-order valence-electron chi connectivity index (χ0n) is 7.92. The predicted octanol–water partition coefficient (Wildman–Crippen LogP) is 0.261. The summed E-state index contributed by atoms with van der Waals surface area (Å²) in [6, 6.07) is 0. The maximum atomic E-state index is 9.35. The Hall–Kier alpha value is -0.596. The van der Waals surface area contributed by atoms with Gasteiger partial charge in [0.1, 0.15) is 10.5 Å². The molecule has 12 heavy (non-hydrogen) atoms. The SMILES string of the molecule is C=C(O)C(=O)O.C[Si](C)(C)O[SiH3]. The van der Waals surface area contributed by atoms with E-state index in [0.717, 1.165) is 10.5 Å². The Morgan fingerprint density at radius 3 is 1.58 bits per heavy atom. The van der Waals surface area contributed by atoms with Gasteiger partial charge in [-0.05, 0) is 26.2 Å². The van der Waals surface area contributed by atoms with Gasteiger partial charge in [0, 0.05) is 0 Å². The van der Waals surface area contributed by atoms with Crippen LogP contribution in [0.1, 0.15) is 0 Å². The van der Waals surface area contributed by atoms with Crippen molar-refractivity contribution in [2.75, 3.05) is 0 Å². The zero-order valence-corrected chi connectivity index (χ0v) is 10.9. The molecule has 0 spiro atoms. The van der Waals surface area contributed by atoms with Crippen molar-refractivity contribution >= 4 is 24.8 Å². The minimum Gasteiger partial charge on any atom is -0.502 e. The van der Waals surface area contributed by atoms with Gasteiger partial charge in [0.05, 0.1) is 0 Å². The second-order valence-corrected chi connectivity index (χ2v) is 8.93. The molecule has 0 unspecified atom stereocenters. The number of carbonyl (C=O) groups is 1. The van der Waals surface area contributed by atoms with E-state index in [-0.39, 0.29) is 0 Å². The molecule has 0 rings (SSSR count). The second kappa shape index (κ2) is 5.98. The van der Waals surface area contributed by atoms with Crippen LogP contribution in [-0.4, -0.2) is 35.0 Å². The summed E-state index contributed by atoms with van der Waals surface area (Å²) in [5, 5.41) is 15.5. The Labute approximate surface area is 76.5 Å². The van der Waals surface area contributed by atoms with Crippen LogP contribution in [-0.2, 0) is 8.91 Å². The monoisotopic (exact) mass is 208 g/mol. The number of rotatable bonds is 2. The topological polar surface area (TPSA) is 66.8 Å². The van der Waals surface area contributed by atoms with Gasteiger partial charge in [0.25, 0.3) is 0 Å². The molecule has 0 saturated carbocycles. The van der Waals surface area contributed by atoms with Crippen LogP contribution in [0.4, 0.5) is 0 Å². The summed E-state index contributed by atoms with van der Waals surface area (Å²) in [4.78, 5) is 9.35. The van der Waals surface area contributed by atoms with Gasteiger partial charge in [-0.1, -0.05) is 0 Å². The third-order valence-corrected chi connectivity index (χ3v) is 5.76. The highest BCUT2D eigenvalue weighted by molar-refractivity contribution is 6.72. The van der Waals surface area contributed by atoms with E-state index in [1.165, 1.54) is 0 Å². The molecule has 72 valence electrons. The van der Waals surface area contributed by atoms with E-state index in [1.54, 1.807) is 0 Å². The summed E-state index contributed by atoms with van der Waals surface area (Å²) in [7, 11) is -0.160. The van der Waals surface area contributed by atoms with Gasteiger partial charge in [0.15, 0.2) is 14.1 Å². The van der Waals surface area contributed by atoms with E-state index in [9.17, 15) is 4.79 Å². The van der Waals surface area contributed by atoms with Crippen molar-refractivity contribution in [2.45, 2.75) is 19.6 Å². The first-order valence-corrected chi connectivity index (χ1v) is 7.59. The molecule has 0 radical (unpaired) electrons. The minimum atomic E-state index is -1.38. The second-order valence-electron chi connectivity index (χ2n) is 3.07. The molecule has 0 aliphatic carbocycles. The van der Waals surface area contributed by atoms with E-state index in [4.69, 9.17) is 14.3 Å². The standard InChI is InChI=1S/C3H4O3.C3H12OSi2/c1-2(4)3(5)6;1-6(2,3)4-5/h4H,1H2,(H,5,6);1-3,5H3. The fourth-order valence-electron chi connectivity index (χ4n) is 0. The number of carboxylic acid groups (broad SMARTS) is 1. The van der Waals surface area contributed by atoms with Crippen molar-refractivity contribution in [1.82, 2.24) is 0 Å². The first kappa shape index (κ1) is 14.0. The Morgan fingerprint density at radius 1 is 1.42 bits per heavy atom. The fraction of sp³-hybridized carbons (Fsp3) is 0.500. The number of aliphatic hydroxyl groups excluding tert-OH is 1. The lowest BCUT2D eigenvalue weighted by Gasteiger charge is -2.11. The molecular formula is C6H16O4Si2. The Kier molecular flexibility index (Phi) is 6.96. The quantitative estimate of drug-likeness (QED) is 0.388. The van der Waals surface area contributed by atoms with Crippen molar-refractivity contribution in [1.29, 1.82) is 0 Å². The van der Waals surface area contributed by atoms with Gasteiger partial charge in [0.2, 0.25) is 0 Å². The van der Waals surface area contributed by atoms with Crippen LogP contribution in [0.25, 0.3) is 0 Å². The first-order chi connectivity index (χ1) is 5.20. The van der Waals surface area contributed by atoms with E-state index in [0.29, 0.717) is 0 Å². The third-order valence-electron chi connectivity index (χ3n) is 0.859. The highest BCUT2D eigenvalue weighted by atomic mass is 28.4. The van der Waals surface area contributed by atoms with Crippen LogP contribution >= 0.6 is 0 Å².